The van der Waals surface area contributed by atoms with Gasteiger partial charge in [-0.15, -0.1) is 0 Å². The molecule has 1 aliphatic carbocycles. The van der Waals surface area contributed by atoms with E-state index in [1.165, 1.54) is 23.1 Å². The summed E-state index contributed by atoms with van der Waals surface area (Å²) in [7, 11) is 0. The number of carbonyl (C=O) groups excluding carboxylic acids is 1. The molecule has 2 atom stereocenters. The van der Waals surface area contributed by atoms with Crippen molar-refractivity contribution < 1.29 is 22.7 Å². The van der Waals surface area contributed by atoms with Crippen molar-refractivity contribution in [2.75, 3.05) is 10.6 Å². The number of benzene rings is 1. The zero-order valence-corrected chi connectivity index (χ0v) is 23.1. The van der Waals surface area contributed by atoms with Crippen LogP contribution in [0, 0.1) is 11.3 Å². The lowest BCUT2D eigenvalue weighted by Gasteiger charge is -2.47. The molecule has 0 radical (unpaired) electrons. The number of hydrogen-bond acceptors (Lipinski definition) is 7. The van der Waals surface area contributed by atoms with Crippen molar-refractivity contribution in [1.82, 2.24) is 24.4 Å². The maximum Gasteiger partial charge on any atom is 0.408 e. The van der Waals surface area contributed by atoms with Crippen molar-refractivity contribution in [3.05, 3.63) is 48.4 Å². The Labute approximate surface area is 239 Å². The Hall–Kier alpha value is -4.44. The van der Waals surface area contributed by atoms with Crippen molar-refractivity contribution >= 4 is 22.9 Å². The van der Waals surface area contributed by atoms with Crippen molar-refractivity contribution in [1.29, 1.82) is 5.26 Å². The van der Waals surface area contributed by atoms with Gasteiger partial charge in [0.15, 0.2) is 5.82 Å². The first-order valence-corrected chi connectivity index (χ1v) is 13.8. The van der Waals surface area contributed by atoms with Crippen LogP contribution < -0.4 is 10.6 Å². The summed E-state index contributed by atoms with van der Waals surface area (Å²) in [5.74, 6) is -0.158. The molecule has 1 amide bonds. The molecule has 218 valence electrons. The number of nitrogens with two attached hydrogens (primary N) is 1. The number of amides is 1. The van der Waals surface area contributed by atoms with Gasteiger partial charge >= 0.3 is 6.18 Å². The van der Waals surface area contributed by atoms with Crippen molar-refractivity contribution in [2.45, 2.75) is 76.4 Å². The average Bonchev–Trinajstić information content (AvgIpc) is 3.47. The molecule has 1 aromatic carbocycles. The van der Waals surface area contributed by atoms with Gasteiger partial charge < -0.3 is 15.4 Å². The van der Waals surface area contributed by atoms with Crippen LogP contribution in [0.15, 0.2) is 42.9 Å². The molecule has 0 spiro atoms. The third kappa shape index (κ3) is 4.75. The van der Waals surface area contributed by atoms with Gasteiger partial charge in [-0.2, -0.15) is 28.6 Å². The Balaban J connectivity index is 1.53. The van der Waals surface area contributed by atoms with E-state index in [9.17, 15) is 23.2 Å². The number of anilines is 2. The average molecular weight is 579 g/mol. The zero-order valence-electron chi connectivity index (χ0n) is 23.1. The molecule has 4 aromatic rings. The van der Waals surface area contributed by atoms with Gasteiger partial charge in [-0.05, 0) is 51.0 Å². The molecule has 4 heterocycles. The number of ether oxygens (including phenoxy) is 1. The predicted octanol–water partition coefficient (Wildman–Crippen LogP) is 5.12. The number of alkyl halides is 3. The fraction of sp³-hybridized carbons (Fsp3) is 0.414. The summed E-state index contributed by atoms with van der Waals surface area (Å²) in [6, 6.07) is 10.3. The van der Waals surface area contributed by atoms with Crippen molar-refractivity contribution in [3.63, 3.8) is 0 Å². The summed E-state index contributed by atoms with van der Waals surface area (Å²) in [6.07, 6.45) is 2.42. The molecule has 42 heavy (non-hydrogen) atoms. The monoisotopic (exact) mass is 578 g/mol. The topological polar surface area (TPSA) is 127 Å². The molecule has 1 saturated heterocycles. The second-order valence-corrected chi connectivity index (χ2v) is 11.2. The number of morpholine rings is 1. The van der Waals surface area contributed by atoms with E-state index in [2.05, 4.69) is 21.3 Å². The minimum absolute atomic E-state index is 0.0753. The normalized spacial score (nSPS) is 20.8. The smallest absolute Gasteiger partial charge is 0.382 e. The number of nitriles is 1. The van der Waals surface area contributed by atoms with E-state index in [0.29, 0.717) is 33.6 Å². The molecule has 1 aliphatic heterocycles. The molecular weight excluding hydrogens is 549 g/mol. The van der Waals surface area contributed by atoms with Gasteiger partial charge in [0.25, 0.3) is 5.91 Å². The molecule has 2 fully saturated rings. The van der Waals surface area contributed by atoms with Gasteiger partial charge in [-0.3, -0.25) is 9.48 Å². The van der Waals surface area contributed by atoms with Gasteiger partial charge in [0, 0.05) is 17.3 Å². The number of halogens is 3. The number of fused-ring (bicyclic) bond motifs is 2. The maximum absolute atomic E-state index is 13.8. The van der Waals surface area contributed by atoms with Gasteiger partial charge in [0.05, 0.1) is 34.8 Å². The van der Waals surface area contributed by atoms with E-state index < -0.39 is 18.3 Å². The van der Waals surface area contributed by atoms with Crippen LogP contribution in [0.25, 0.3) is 28.0 Å². The number of nitrogens with zero attached hydrogens (tertiary/aromatic N) is 7. The number of aromatic nitrogens is 5. The zero-order chi connectivity index (χ0) is 29.8. The van der Waals surface area contributed by atoms with Gasteiger partial charge in [0.1, 0.15) is 30.1 Å². The Morgan fingerprint density at radius 3 is 2.67 bits per heavy atom. The Bertz CT molecular complexity index is 1720. The molecule has 3 aromatic heterocycles. The standard InChI is InChI=1S/C29H29F3N8O2/c1-28(2)27(41)39(21-6-4-3-5-7-24(21)42-28)22-12-17(8-9-18(22)14-33)23-13-19(25-26(34)35-16-37-40(23)25)20-10-11-36-38(20)15-29(30,31)32/h8-13,16,21,24H,3-7,15H2,1-2H3,(H2,34,35,37)/t21-,24+/m1/s1. The second-order valence-electron chi connectivity index (χ2n) is 11.2. The minimum atomic E-state index is -4.49. The van der Waals surface area contributed by atoms with Crippen LogP contribution in [0.2, 0.25) is 0 Å². The molecule has 1 saturated carbocycles. The van der Waals surface area contributed by atoms with Crippen LogP contribution in [-0.4, -0.2) is 54.2 Å². The van der Waals surface area contributed by atoms with Crippen molar-refractivity contribution in [3.8, 4) is 28.6 Å². The quantitative estimate of drug-likeness (QED) is 0.356. The maximum atomic E-state index is 13.8. The van der Waals surface area contributed by atoms with E-state index in [1.807, 2.05) is 0 Å². The van der Waals surface area contributed by atoms with Crippen LogP contribution in [0.1, 0.15) is 51.5 Å². The highest BCUT2D eigenvalue weighted by Crippen LogP contribution is 2.41. The molecule has 6 rings (SSSR count). The number of nitrogen functional groups attached to an aromatic ring is 1. The molecule has 2 aliphatic rings. The molecule has 10 nitrogen and oxygen atoms in total. The van der Waals surface area contributed by atoms with E-state index in [-0.39, 0.29) is 29.6 Å². The molecular formula is C29H29F3N8O2. The molecule has 0 bridgehead atoms. The Morgan fingerprint density at radius 2 is 1.90 bits per heavy atom. The van der Waals surface area contributed by atoms with Crippen LogP contribution in [0.4, 0.5) is 24.7 Å². The summed E-state index contributed by atoms with van der Waals surface area (Å²) in [5, 5.41) is 18.3. The first-order valence-electron chi connectivity index (χ1n) is 13.8. The summed E-state index contributed by atoms with van der Waals surface area (Å²) in [4.78, 5) is 19.6. The highest BCUT2D eigenvalue weighted by molar-refractivity contribution is 6.02. The predicted molar refractivity (Wildman–Crippen MR) is 148 cm³/mol. The highest BCUT2D eigenvalue weighted by Gasteiger charge is 2.48. The third-order valence-electron chi connectivity index (χ3n) is 8.01. The lowest BCUT2D eigenvalue weighted by atomic mass is 9.93. The highest BCUT2D eigenvalue weighted by atomic mass is 19.4. The van der Waals surface area contributed by atoms with Gasteiger partial charge in [-0.25, -0.2) is 9.50 Å². The Kier molecular flexibility index (Phi) is 6.68. The van der Waals surface area contributed by atoms with E-state index >= 15 is 0 Å². The fourth-order valence-corrected chi connectivity index (χ4v) is 6.16. The summed E-state index contributed by atoms with van der Waals surface area (Å²) >= 11 is 0. The van der Waals surface area contributed by atoms with Crippen molar-refractivity contribution in [2.24, 2.45) is 0 Å². The van der Waals surface area contributed by atoms with Crippen LogP contribution >= 0.6 is 0 Å². The largest absolute Gasteiger partial charge is 0.408 e. The first kappa shape index (κ1) is 27.7. The third-order valence-corrected chi connectivity index (χ3v) is 8.01. The van der Waals surface area contributed by atoms with E-state index in [4.69, 9.17) is 10.5 Å². The number of carbonyl (C=O) groups is 1. The van der Waals surface area contributed by atoms with Gasteiger partial charge in [-0.1, -0.05) is 25.3 Å². The van der Waals surface area contributed by atoms with Crippen LogP contribution in [-0.2, 0) is 16.1 Å². The SMILES string of the molecule is CC1(C)O[C@H]2CCCCC[C@H]2N(c2cc(-c3cc(-c4ccnn4CC(F)(F)F)c4c(N)ncnn34)ccc2C#N)C1=O. The van der Waals surface area contributed by atoms with Crippen LogP contribution in [0.5, 0.6) is 0 Å². The lowest BCUT2D eigenvalue weighted by Crippen LogP contribution is -2.62. The lowest BCUT2D eigenvalue weighted by molar-refractivity contribution is -0.160. The summed E-state index contributed by atoms with van der Waals surface area (Å²) in [6.45, 7) is 2.21. The summed E-state index contributed by atoms with van der Waals surface area (Å²) in [5.41, 5.74) is 7.88. The molecule has 13 heteroatoms. The molecule has 0 unspecified atom stereocenters. The second kappa shape index (κ2) is 10.1. The number of rotatable bonds is 4. The van der Waals surface area contributed by atoms with Gasteiger partial charge in [0.2, 0.25) is 0 Å². The Morgan fingerprint density at radius 1 is 1.12 bits per heavy atom. The van der Waals surface area contributed by atoms with E-state index in [0.717, 1.165) is 36.8 Å². The van der Waals surface area contributed by atoms with Crippen LogP contribution in [0.3, 0.4) is 0 Å². The fourth-order valence-electron chi connectivity index (χ4n) is 6.16. The molecule has 2 N–H and O–H groups in total. The minimum Gasteiger partial charge on any atom is -0.382 e. The summed E-state index contributed by atoms with van der Waals surface area (Å²) < 4.78 is 48.6. The number of hydrogen-bond donors (Lipinski definition) is 1. The first-order chi connectivity index (χ1) is 20.0. The van der Waals surface area contributed by atoms with E-state index in [1.54, 1.807) is 43.0 Å².